The van der Waals surface area contributed by atoms with E-state index in [0.29, 0.717) is 11.5 Å². The number of nitrogens with zero attached hydrogens (tertiary/aromatic N) is 2. The van der Waals surface area contributed by atoms with Crippen molar-refractivity contribution in [3.63, 3.8) is 0 Å². The Morgan fingerprint density at radius 1 is 1.06 bits per heavy atom. The standard InChI is InChI=1S/C23H22N4O5/c1-15(12-22(28)24-20-11-10-18(32-2)14-21(20)27(30)31)25-26-23(29)13-17-8-5-7-16-6-3-4-9-19(16)17/h3-11,14H,12-13H2,1-2H3,(H,24,28)(H,26,29)/b25-15-. The van der Waals surface area contributed by atoms with Gasteiger partial charge in [-0.25, -0.2) is 5.43 Å². The second-order valence-corrected chi connectivity index (χ2v) is 7.06. The van der Waals surface area contributed by atoms with Crippen molar-refractivity contribution in [2.24, 2.45) is 5.10 Å². The highest BCUT2D eigenvalue weighted by molar-refractivity contribution is 6.06. The lowest BCUT2D eigenvalue weighted by Crippen LogP contribution is -2.23. The van der Waals surface area contributed by atoms with Crippen molar-refractivity contribution in [1.29, 1.82) is 0 Å². The molecule has 0 aliphatic carbocycles. The summed E-state index contributed by atoms with van der Waals surface area (Å²) in [6.07, 6.45) is 0.000103. The summed E-state index contributed by atoms with van der Waals surface area (Å²) >= 11 is 0. The predicted octanol–water partition coefficient (Wildman–Crippen LogP) is 3.82. The van der Waals surface area contributed by atoms with E-state index in [9.17, 15) is 19.7 Å². The molecule has 0 saturated heterocycles. The summed E-state index contributed by atoms with van der Waals surface area (Å²) in [5, 5.41) is 19.7. The summed E-state index contributed by atoms with van der Waals surface area (Å²) in [7, 11) is 1.39. The lowest BCUT2D eigenvalue weighted by atomic mass is 10.0. The highest BCUT2D eigenvalue weighted by Gasteiger charge is 2.17. The molecule has 0 heterocycles. The largest absolute Gasteiger partial charge is 0.496 e. The molecule has 0 aliphatic rings. The third-order valence-electron chi connectivity index (χ3n) is 4.69. The molecule has 9 heteroatoms. The van der Waals surface area contributed by atoms with Crippen molar-refractivity contribution in [2.75, 3.05) is 12.4 Å². The molecule has 0 bridgehead atoms. The Bertz CT molecular complexity index is 1200. The van der Waals surface area contributed by atoms with Crippen LogP contribution in [0.5, 0.6) is 5.75 Å². The Kier molecular flexibility index (Phi) is 7.12. The highest BCUT2D eigenvalue weighted by atomic mass is 16.6. The number of benzene rings is 3. The fraction of sp³-hybridized carbons (Fsp3) is 0.174. The predicted molar refractivity (Wildman–Crippen MR) is 122 cm³/mol. The third kappa shape index (κ3) is 5.66. The van der Waals surface area contributed by atoms with Crippen molar-refractivity contribution < 1.29 is 19.2 Å². The van der Waals surface area contributed by atoms with E-state index in [1.807, 2.05) is 42.5 Å². The fourth-order valence-corrected chi connectivity index (χ4v) is 3.18. The Labute approximate surface area is 184 Å². The Morgan fingerprint density at radius 2 is 1.81 bits per heavy atom. The van der Waals surface area contributed by atoms with Gasteiger partial charge in [0.05, 0.1) is 30.9 Å². The van der Waals surface area contributed by atoms with Crippen LogP contribution in [0.3, 0.4) is 0 Å². The number of ether oxygens (including phenoxy) is 1. The average molecular weight is 434 g/mol. The van der Waals surface area contributed by atoms with Gasteiger partial charge in [0, 0.05) is 5.71 Å². The van der Waals surface area contributed by atoms with Crippen LogP contribution in [-0.2, 0) is 16.0 Å². The molecule has 9 nitrogen and oxygen atoms in total. The van der Waals surface area contributed by atoms with Gasteiger partial charge in [0.15, 0.2) is 0 Å². The summed E-state index contributed by atoms with van der Waals surface area (Å²) in [5.74, 6) is -0.504. The van der Waals surface area contributed by atoms with Gasteiger partial charge >= 0.3 is 0 Å². The van der Waals surface area contributed by atoms with E-state index >= 15 is 0 Å². The molecule has 164 valence electrons. The summed E-state index contributed by atoms with van der Waals surface area (Å²) in [4.78, 5) is 35.2. The molecule has 0 aromatic heterocycles. The van der Waals surface area contributed by atoms with Gasteiger partial charge in [-0.3, -0.25) is 19.7 Å². The van der Waals surface area contributed by atoms with Crippen LogP contribution < -0.4 is 15.5 Å². The van der Waals surface area contributed by atoms with Crippen LogP contribution in [0.15, 0.2) is 65.8 Å². The molecular weight excluding hydrogens is 412 g/mol. The first-order valence-corrected chi connectivity index (χ1v) is 9.78. The maximum absolute atomic E-state index is 12.3. The number of hydrogen-bond donors (Lipinski definition) is 2. The van der Waals surface area contributed by atoms with Gasteiger partial charge in [0.25, 0.3) is 5.69 Å². The van der Waals surface area contributed by atoms with Crippen LogP contribution in [0, 0.1) is 10.1 Å². The van der Waals surface area contributed by atoms with Crippen LogP contribution in [0.1, 0.15) is 18.9 Å². The van der Waals surface area contributed by atoms with Crippen molar-refractivity contribution in [2.45, 2.75) is 19.8 Å². The maximum Gasteiger partial charge on any atom is 0.296 e. The summed E-state index contributed by atoms with van der Waals surface area (Å²) < 4.78 is 4.97. The highest BCUT2D eigenvalue weighted by Crippen LogP contribution is 2.29. The molecule has 2 N–H and O–H groups in total. The minimum Gasteiger partial charge on any atom is -0.496 e. The maximum atomic E-state index is 12.3. The molecule has 0 saturated carbocycles. The van der Waals surface area contributed by atoms with Gasteiger partial charge in [-0.15, -0.1) is 0 Å². The molecule has 0 fully saturated rings. The summed E-state index contributed by atoms with van der Waals surface area (Å²) in [5.41, 5.74) is 3.45. The Hall–Kier alpha value is -4.27. The number of nitrogens with one attached hydrogen (secondary N) is 2. The summed E-state index contributed by atoms with van der Waals surface area (Å²) in [6.45, 7) is 1.58. The number of fused-ring (bicyclic) bond motifs is 1. The molecule has 3 aromatic rings. The monoisotopic (exact) mass is 434 g/mol. The Morgan fingerprint density at radius 3 is 2.56 bits per heavy atom. The number of nitro groups is 1. The van der Waals surface area contributed by atoms with E-state index in [4.69, 9.17) is 4.74 Å². The number of rotatable bonds is 8. The lowest BCUT2D eigenvalue weighted by Gasteiger charge is -2.08. The van der Waals surface area contributed by atoms with Crippen molar-refractivity contribution in [3.8, 4) is 5.75 Å². The second kappa shape index (κ2) is 10.2. The average Bonchev–Trinajstić information content (AvgIpc) is 2.78. The van der Waals surface area contributed by atoms with Crippen LogP contribution in [0.25, 0.3) is 10.8 Å². The molecule has 3 aromatic carbocycles. The van der Waals surface area contributed by atoms with E-state index in [-0.39, 0.29) is 30.1 Å². The number of carbonyl (C=O) groups is 2. The van der Waals surface area contributed by atoms with E-state index in [2.05, 4.69) is 15.8 Å². The zero-order valence-electron chi connectivity index (χ0n) is 17.6. The van der Waals surface area contributed by atoms with E-state index in [0.717, 1.165) is 16.3 Å². The molecule has 0 aliphatic heterocycles. The lowest BCUT2D eigenvalue weighted by molar-refractivity contribution is -0.384. The molecule has 0 unspecified atom stereocenters. The first kappa shape index (κ1) is 22.4. The quantitative estimate of drug-likeness (QED) is 0.317. The number of hydrazone groups is 1. The number of nitro benzene ring substituents is 1. The summed E-state index contributed by atoms with van der Waals surface area (Å²) in [6, 6.07) is 17.7. The molecule has 32 heavy (non-hydrogen) atoms. The first-order chi connectivity index (χ1) is 15.4. The number of carbonyl (C=O) groups excluding carboxylic acids is 2. The van der Waals surface area contributed by atoms with Crippen molar-refractivity contribution in [1.82, 2.24) is 5.43 Å². The van der Waals surface area contributed by atoms with Gasteiger partial charge in [-0.05, 0) is 35.4 Å². The van der Waals surface area contributed by atoms with Gasteiger partial charge in [0.2, 0.25) is 11.8 Å². The van der Waals surface area contributed by atoms with Crippen LogP contribution in [-0.4, -0.2) is 29.6 Å². The Balaban J connectivity index is 1.59. The minimum atomic E-state index is -0.605. The second-order valence-electron chi connectivity index (χ2n) is 7.06. The zero-order valence-corrected chi connectivity index (χ0v) is 17.6. The van der Waals surface area contributed by atoms with Gasteiger partial charge in [-0.1, -0.05) is 42.5 Å². The smallest absolute Gasteiger partial charge is 0.296 e. The van der Waals surface area contributed by atoms with Gasteiger partial charge in [0.1, 0.15) is 11.4 Å². The van der Waals surface area contributed by atoms with E-state index < -0.39 is 10.8 Å². The molecule has 2 amide bonds. The van der Waals surface area contributed by atoms with Crippen molar-refractivity contribution in [3.05, 3.63) is 76.3 Å². The zero-order chi connectivity index (χ0) is 23.1. The number of hydrogen-bond acceptors (Lipinski definition) is 6. The topological polar surface area (TPSA) is 123 Å². The number of methoxy groups -OCH3 is 1. The van der Waals surface area contributed by atoms with Gasteiger partial charge in [-0.2, -0.15) is 5.10 Å². The van der Waals surface area contributed by atoms with Crippen LogP contribution in [0.4, 0.5) is 11.4 Å². The number of anilines is 1. The molecule has 0 spiro atoms. The fourth-order valence-electron chi connectivity index (χ4n) is 3.18. The normalized spacial score (nSPS) is 11.1. The van der Waals surface area contributed by atoms with Crippen molar-refractivity contribution >= 4 is 39.7 Å². The third-order valence-corrected chi connectivity index (χ3v) is 4.69. The molecular formula is C23H22N4O5. The van der Waals surface area contributed by atoms with Crippen LogP contribution in [0.2, 0.25) is 0 Å². The molecule has 0 atom stereocenters. The van der Waals surface area contributed by atoms with Crippen LogP contribution >= 0.6 is 0 Å². The molecule has 0 radical (unpaired) electrons. The molecule has 3 rings (SSSR count). The number of amides is 2. The SMILES string of the molecule is COc1ccc(NC(=O)C/C(C)=N\NC(=O)Cc2cccc3ccccc23)c([N+](=O)[O-])c1. The van der Waals surface area contributed by atoms with E-state index in [1.165, 1.54) is 25.3 Å². The van der Waals surface area contributed by atoms with Gasteiger partial charge < -0.3 is 10.1 Å². The van der Waals surface area contributed by atoms with E-state index in [1.54, 1.807) is 6.92 Å². The minimum absolute atomic E-state index is 0.0496. The first-order valence-electron chi connectivity index (χ1n) is 9.78.